The van der Waals surface area contributed by atoms with E-state index in [4.69, 9.17) is 5.73 Å². The van der Waals surface area contributed by atoms with E-state index in [-0.39, 0.29) is 12.5 Å². The number of likely N-dealkylation sites (N-methyl/N-ethyl adjacent to an activating group) is 1. The van der Waals surface area contributed by atoms with Gasteiger partial charge in [0, 0.05) is 25.7 Å². The number of nitrogens with zero attached hydrogens (tertiary/aromatic N) is 2. The molecule has 0 aromatic rings. The Morgan fingerprint density at radius 3 is 2.67 bits per heavy atom. The molecule has 0 bridgehead atoms. The van der Waals surface area contributed by atoms with E-state index in [0.29, 0.717) is 6.04 Å². The molecule has 1 heterocycles. The van der Waals surface area contributed by atoms with Crippen molar-refractivity contribution in [1.82, 2.24) is 15.1 Å². The molecule has 1 atom stereocenters. The summed E-state index contributed by atoms with van der Waals surface area (Å²) < 4.78 is 0. The predicted molar refractivity (Wildman–Crippen MR) is 56.3 cm³/mol. The SMILES string of the molecule is CC1CN(C)CCN1CC(=O)NC(N)=O. The maximum atomic E-state index is 11.3. The third kappa shape index (κ3) is 3.85. The van der Waals surface area contributed by atoms with E-state index in [1.807, 2.05) is 4.90 Å². The van der Waals surface area contributed by atoms with Crippen molar-refractivity contribution in [1.29, 1.82) is 0 Å². The highest BCUT2D eigenvalue weighted by Gasteiger charge is 2.23. The monoisotopic (exact) mass is 214 g/mol. The third-order valence-corrected chi connectivity index (χ3v) is 2.58. The van der Waals surface area contributed by atoms with Gasteiger partial charge in [-0.15, -0.1) is 0 Å². The molecule has 86 valence electrons. The van der Waals surface area contributed by atoms with E-state index in [1.165, 1.54) is 0 Å². The maximum absolute atomic E-state index is 11.3. The first-order valence-corrected chi connectivity index (χ1v) is 5.01. The van der Waals surface area contributed by atoms with Gasteiger partial charge in [-0.05, 0) is 14.0 Å². The number of nitrogens with one attached hydrogen (secondary N) is 1. The molecule has 6 heteroatoms. The minimum absolute atomic E-state index is 0.234. The smallest absolute Gasteiger partial charge is 0.318 e. The second kappa shape index (κ2) is 5.09. The van der Waals surface area contributed by atoms with Gasteiger partial charge in [-0.2, -0.15) is 0 Å². The molecule has 0 aliphatic carbocycles. The molecular weight excluding hydrogens is 196 g/mol. The number of rotatable bonds is 2. The first-order chi connectivity index (χ1) is 6.99. The fourth-order valence-electron chi connectivity index (χ4n) is 1.77. The van der Waals surface area contributed by atoms with Crippen LogP contribution in [0.2, 0.25) is 0 Å². The third-order valence-electron chi connectivity index (χ3n) is 2.58. The lowest BCUT2D eigenvalue weighted by molar-refractivity contribution is -0.122. The second-order valence-electron chi connectivity index (χ2n) is 3.99. The Morgan fingerprint density at radius 1 is 1.47 bits per heavy atom. The molecule has 0 aromatic heterocycles. The van der Waals surface area contributed by atoms with Gasteiger partial charge >= 0.3 is 6.03 Å². The molecule has 1 aliphatic heterocycles. The molecule has 0 radical (unpaired) electrons. The van der Waals surface area contributed by atoms with Crippen LogP contribution in [0.3, 0.4) is 0 Å². The van der Waals surface area contributed by atoms with Crippen LogP contribution in [0.1, 0.15) is 6.92 Å². The van der Waals surface area contributed by atoms with Crippen LogP contribution in [-0.4, -0.2) is 61.0 Å². The summed E-state index contributed by atoms with van der Waals surface area (Å²) in [5, 5.41) is 2.07. The van der Waals surface area contributed by atoms with Crippen molar-refractivity contribution in [2.24, 2.45) is 5.73 Å². The van der Waals surface area contributed by atoms with Crippen molar-refractivity contribution in [3.05, 3.63) is 0 Å². The number of amides is 3. The van der Waals surface area contributed by atoms with Crippen molar-refractivity contribution in [3.63, 3.8) is 0 Å². The molecule has 1 unspecified atom stereocenters. The van der Waals surface area contributed by atoms with Crippen LogP contribution in [0.5, 0.6) is 0 Å². The molecule has 1 aliphatic rings. The van der Waals surface area contributed by atoms with Crippen LogP contribution in [0.15, 0.2) is 0 Å². The van der Waals surface area contributed by atoms with E-state index in [0.717, 1.165) is 19.6 Å². The molecule has 1 saturated heterocycles. The second-order valence-corrected chi connectivity index (χ2v) is 3.99. The van der Waals surface area contributed by atoms with Crippen molar-refractivity contribution < 1.29 is 9.59 Å². The number of hydrogen-bond acceptors (Lipinski definition) is 4. The number of carbonyl (C=O) groups is 2. The summed E-state index contributed by atoms with van der Waals surface area (Å²) in [7, 11) is 2.05. The summed E-state index contributed by atoms with van der Waals surface area (Å²) in [4.78, 5) is 26.0. The van der Waals surface area contributed by atoms with Crippen LogP contribution in [0, 0.1) is 0 Å². The van der Waals surface area contributed by atoms with E-state index in [1.54, 1.807) is 0 Å². The zero-order chi connectivity index (χ0) is 11.4. The van der Waals surface area contributed by atoms with Gasteiger partial charge in [-0.1, -0.05) is 0 Å². The summed E-state index contributed by atoms with van der Waals surface area (Å²) in [6.07, 6.45) is 0. The first-order valence-electron chi connectivity index (χ1n) is 5.01. The predicted octanol–water partition coefficient (Wildman–Crippen LogP) is -1.18. The first kappa shape index (κ1) is 11.9. The quantitative estimate of drug-likeness (QED) is 0.606. The van der Waals surface area contributed by atoms with Gasteiger partial charge < -0.3 is 10.6 Å². The summed E-state index contributed by atoms with van der Waals surface area (Å²) >= 11 is 0. The molecule has 0 aromatic carbocycles. The minimum atomic E-state index is -0.790. The van der Waals surface area contributed by atoms with Crippen molar-refractivity contribution >= 4 is 11.9 Å². The average molecular weight is 214 g/mol. The minimum Gasteiger partial charge on any atom is -0.351 e. The highest BCUT2D eigenvalue weighted by Crippen LogP contribution is 2.06. The molecule has 3 N–H and O–H groups in total. The highest BCUT2D eigenvalue weighted by atomic mass is 16.2. The molecular formula is C9H18N4O2. The van der Waals surface area contributed by atoms with E-state index >= 15 is 0 Å². The van der Waals surface area contributed by atoms with Crippen molar-refractivity contribution in [2.45, 2.75) is 13.0 Å². The summed E-state index contributed by atoms with van der Waals surface area (Å²) in [5.41, 5.74) is 4.86. The number of hydrogen-bond donors (Lipinski definition) is 2. The summed E-state index contributed by atoms with van der Waals surface area (Å²) in [6.45, 7) is 5.01. The van der Waals surface area contributed by atoms with Gasteiger partial charge in [-0.3, -0.25) is 15.0 Å². The number of primary amides is 1. The van der Waals surface area contributed by atoms with Gasteiger partial charge in [0.15, 0.2) is 0 Å². The van der Waals surface area contributed by atoms with Gasteiger partial charge in [-0.25, -0.2) is 4.79 Å². The molecule has 1 rings (SSSR count). The van der Waals surface area contributed by atoms with Crippen LogP contribution in [-0.2, 0) is 4.79 Å². The number of urea groups is 1. The lowest BCUT2D eigenvalue weighted by atomic mass is 10.2. The maximum Gasteiger partial charge on any atom is 0.318 e. The lowest BCUT2D eigenvalue weighted by Gasteiger charge is -2.37. The van der Waals surface area contributed by atoms with Crippen LogP contribution in [0.25, 0.3) is 0 Å². The normalized spacial score (nSPS) is 23.7. The highest BCUT2D eigenvalue weighted by molar-refractivity contribution is 5.94. The number of imide groups is 1. The fourth-order valence-corrected chi connectivity index (χ4v) is 1.77. The Morgan fingerprint density at radius 2 is 2.13 bits per heavy atom. The summed E-state index contributed by atoms with van der Waals surface area (Å²) in [5.74, 6) is -0.334. The zero-order valence-corrected chi connectivity index (χ0v) is 9.19. The van der Waals surface area contributed by atoms with Gasteiger partial charge in [0.25, 0.3) is 0 Å². The van der Waals surface area contributed by atoms with Gasteiger partial charge in [0.05, 0.1) is 6.54 Å². The summed E-state index contributed by atoms with van der Waals surface area (Å²) in [6, 6.07) is -0.468. The van der Waals surface area contributed by atoms with E-state index in [9.17, 15) is 9.59 Å². The van der Waals surface area contributed by atoms with Gasteiger partial charge in [0.2, 0.25) is 5.91 Å². The Bertz CT molecular complexity index is 256. The van der Waals surface area contributed by atoms with E-state index in [2.05, 4.69) is 24.2 Å². The topological polar surface area (TPSA) is 78.7 Å². The standard InChI is InChI=1S/C9H18N4O2/c1-7-5-12(2)3-4-13(7)6-8(14)11-9(10)15/h7H,3-6H2,1-2H3,(H3,10,11,14,15). The zero-order valence-electron chi connectivity index (χ0n) is 9.19. The van der Waals surface area contributed by atoms with Gasteiger partial charge in [0.1, 0.15) is 0 Å². The largest absolute Gasteiger partial charge is 0.351 e. The molecule has 15 heavy (non-hydrogen) atoms. The Labute approximate surface area is 89.4 Å². The van der Waals surface area contributed by atoms with Crippen LogP contribution in [0.4, 0.5) is 4.79 Å². The number of carbonyl (C=O) groups excluding carboxylic acids is 2. The Balaban J connectivity index is 2.38. The molecule has 3 amide bonds. The number of nitrogens with two attached hydrogens (primary N) is 1. The molecule has 6 nitrogen and oxygen atoms in total. The van der Waals surface area contributed by atoms with Crippen LogP contribution >= 0.6 is 0 Å². The van der Waals surface area contributed by atoms with Crippen molar-refractivity contribution in [2.75, 3.05) is 33.2 Å². The molecule has 0 saturated carbocycles. The molecule has 0 spiro atoms. The fraction of sp³-hybridized carbons (Fsp3) is 0.778. The average Bonchev–Trinajstić information content (AvgIpc) is 2.08. The van der Waals surface area contributed by atoms with E-state index < -0.39 is 6.03 Å². The lowest BCUT2D eigenvalue weighted by Crippen LogP contribution is -2.53. The Hall–Kier alpha value is -1.14. The van der Waals surface area contributed by atoms with Crippen LogP contribution < -0.4 is 11.1 Å². The van der Waals surface area contributed by atoms with Crippen molar-refractivity contribution in [3.8, 4) is 0 Å². The Kier molecular flexibility index (Phi) is 4.05. The number of piperazine rings is 1. The molecule has 1 fully saturated rings.